The molecule has 166 valence electrons. The molecular weight excluding hydrogens is 504 g/mol. The SMILES string of the molecule is C=CCN1C(=O)/C(=c2\sc3nc(-c4ccc(OCCC)cc4)nn3c2=O)c2cc(Br)ccc21. The van der Waals surface area contributed by atoms with E-state index in [1.54, 1.807) is 11.0 Å². The summed E-state index contributed by atoms with van der Waals surface area (Å²) >= 11 is 4.64. The molecule has 1 aliphatic rings. The second-order valence-corrected chi connectivity index (χ2v) is 9.37. The molecule has 2 aromatic heterocycles. The van der Waals surface area contributed by atoms with E-state index in [-0.39, 0.29) is 11.5 Å². The fourth-order valence-corrected chi connectivity index (χ4v) is 5.12. The molecule has 2 aromatic carbocycles. The summed E-state index contributed by atoms with van der Waals surface area (Å²) in [5.41, 5.74) is 2.26. The third-order valence-electron chi connectivity index (χ3n) is 5.26. The normalized spacial score (nSPS) is 14.7. The van der Waals surface area contributed by atoms with Gasteiger partial charge in [0.15, 0.2) is 5.82 Å². The highest BCUT2D eigenvalue weighted by Crippen LogP contribution is 2.37. The van der Waals surface area contributed by atoms with Crippen LogP contribution in [0, 0.1) is 0 Å². The summed E-state index contributed by atoms with van der Waals surface area (Å²) in [6.45, 7) is 6.81. The maximum atomic E-state index is 13.3. The molecule has 0 N–H and O–H groups in total. The average molecular weight is 523 g/mol. The van der Waals surface area contributed by atoms with Crippen molar-refractivity contribution in [2.45, 2.75) is 13.3 Å². The lowest BCUT2D eigenvalue weighted by Gasteiger charge is -2.14. The van der Waals surface area contributed by atoms with Crippen molar-refractivity contribution in [3.8, 4) is 17.1 Å². The van der Waals surface area contributed by atoms with Crippen LogP contribution in [-0.4, -0.2) is 33.7 Å². The number of fused-ring (bicyclic) bond motifs is 2. The first kappa shape index (κ1) is 21.5. The molecule has 0 unspecified atom stereocenters. The predicted octanol–water partition coefficient (Wildman–Crippen LogP) is 3.82. The molecule has 5 rings (SSSR count). The number of amides is 1. The smallest absolute Gasteiger partial charge is 0.291 e. The second kappa shape index (κ2) is 8.57. The topological polar surface area (TPSA) is 76.8 Å². The molecule has 0 bridgehead atoms. The number of nitrogens with zero attached hydrogens (tertiary/aromatic N) is 4. The summed E-state index contributed by atoms with van der Waals surface area (Å²) < 4.78 is 8.04. The van der Waals surface area contributed by atoms with Crippen molar-refractivity contribution >= 4 is 49.4 Å². The van der Waals surface area contributed by atoms with E-state index < -0.39 is 0 Å². The molecule has 0 radical (unpaired) electrons. The molecule has 33 heavy (non-hydrogen) atoms. The third-order valence-corrected chi connectivity index (χ3v) is 6.78. The molecule has 0 saturated carbocycles. The molecule has 0 aliphatic carbocycles. The molecule has 7 nitrogen and oxygen atoms in total. The summed E-state index contributed by atoms with van der Waals surface area (Å²) in [6, 6.07) is 13.0. The van der Waals surface area contributed by atoms with E-state index in [1.807, 2.05) is 42.5 Å². The monoisotopic (exact) mass is 522 g/mol. The fourth-order valence-electron chi connectivity index (χ4n) is 3.76. The Morgan fingerprint density at radius 3 is 2.67 bits per heavy atom. The lowest BCUT2D eigenvalue weighted by atomic mass is 10.1. The Bertz CT molecular complexity index is 1510. The maximum Gasteiger partial charge on any atom is 0.291 e. The van der Waals surface area contributed by atoms with Crippen LogP contribution in [0.2, 0.25) is 0 Å². The largest absolute Gasteiger partial charge is 0.494 e. The van der Waals surface area contributed by atoms with Crippen LogP contribution in [0.25, 0.3) is 21.9 Å². The zero-order chi connectivity index (χ0) is 23.1. The van der Waals surface area contributed by atoms with Gasteiger partial charge in [0.05, 0.1) is 17.9 Å². The Labute approximate surface area is 201 Å². The molecule has 3 heterocycles. The van der Waals surface area contributed by atoms with Gasteiger partial charge in [0, 0.05) is 22.1 Å². The Hall–Kier alpha value is -3.30. The molecule has 1 amide bonds. The van der Waals surface area contributed by atoms with Gasteiger partial charge in [0.25, 0.3) is 11.5 Å². The fraction of sp³-hybridized carbons (Fsp3) is 0.167. The quantitative estimate of drug-likeness (QED) is 0.360. The van der Waals surface area contributed by atoms with Gasteiger partial charge in [-0.1, -0.05) is 40.3 Å². The van der Waals surface area contributed by atoms with Crippen molar-refractivity contribution in [1.29, 1.82) is 0 Å². The van der Waals surface area contributed by atoms with Gasteiger partial charge in [-0.2, -0.15) is 9.50 Å². The summed E-state index contributed by atoms with van der Waals surface area (Å²) in [7, 11) is 0. The lowest BCUT2D eigenvalue weighted by Crippen LogP contribution is -2.32. The predicted molar refractivity (Wildman–Crippen MR) is 133 cm³/mol. The van der Waals surface area contributed by atoms with Gasteiger partial charge in [-0.3, -0.25) is 9.59 Å². The molecule has 0 fully saturated rings. The minimum atomic E-state index is -0.355. The number of hydrogen-bond donors (Lipinski definition) is 0. The number of benzene rings is 2. The van der Waals surface area contributed by atoms with Crippen LogP contribution in [0.1, 0.15) is 18.9 Å². The van der Waals surface area contributed by atoms with Crippen LogP contribution in [0.5, 0.6) is 5.75 Å². The Balaban J connectivity index is 1.61. The molecule has 4 aromatic rings. The van der Waals surface area contributed by atoms with Gasteiger partial charge in [0.1, 0.15) is 10.3 Å². The van der Waals surface area contributed by atoms with Crippen LogP contribution in [0.4, 0.5) is 5.69 Å². The highest BCUT2D eigenvalue weighted by Gasteiger charge is 2.34. The van der Waals surface area contributed by atoms with Gasteiger partial charge in [-0.05, 0) is 48.9 Å². The Kier molecular flexibility index (Phi) is 5.59. The molecule has 1 aliphatic heterocycles. The van der Waals surface area contributed by atoms with Gasteiger partial charge in [0.2, 0.25) is 4.96 Å². The van der Waals surface area contributed by atoms with E-state index in [2.05, 4.69) is 39.5 Å². The first-order valence-electron chi connectivity index (χ1n) is 10.4. The number of aromatic nitrogens is 3. The maximum absolute atomic E-state index is 13.3. The minimum absolute atomic E-state index is 0.229. The zero-order valence-electron chi connectivity index (χ0n) is 17.7. The highest BCUT2D eigenvalue weighted by atomic mass is 79.9. The van der Waals surface area contributed by atoms with Gasteiger partial charge < -0.3 is 9.64 Å². The number of rotatable bonds is 6. The van der Waals surface area contributed by atoms with Gasteiger partial charge >= 0.3 is 0 Å². The Morgan fingerprint density at radius 2 is 1.97 bits per heavy atom. The molecule has 9 heteroatoms. The first-order valence-corrected chi connectivity index (χ1v) is 12.0. The minimum Gasteiger partial charge on any atom is -0.494 e. The summed E-state index contributed by atoms with van der Waals surface area (Å²) in [5.74, 6) is 0.997. The van der Waals surface area contributed by atoms with Crippen molar-refractivity contribution in [2.75, 3.05) is 18.1 Å². The number of hydrogen-bond acceptors (Lipinski definition) is 6. The van der Waals surface area contributed by atoms with E-state index in [0.717, 1.165) is 27.9 Å². The van der Waals surface area contributed by atoms with Crippen LogP contribution < -0.4 is 19.7 Å². The summed E-state index contributed by atoms with van der Waals surface area (Å²) in [6.07, 6.45) is 2.60. The van der Waals surface area contributed by atoms with Crippen molar-refractivity contribution in [1.82, 2.24) is 14.6 Å². The van der Waals surface area contributed by atoms with Gasteiger partial charge in [-0.15, -0.1) is 11.7 Å². The number of carbonyl (C=O) groups excluding carboxylic acids is 1. The van der Waals surface area contributed by atoms with Crippen LogP contribution in [-0.2, 0) is 4.79 Å². The number of halogens is 1. The summed E-state index contributed by atoms with van der Waals surface area (Å²) in [4.78, 5) is 33.1. The van der Waals surface area contributed by atoms with Crippen LogP contribution in [0.3, 0.4) is 0 Å². The first-order chi connectivity index (χ1) is 16.0. The zero-order valence-corrected chi connectivity index (χ0v) is 20.1. The molecule has 0 saturated heterocycles. The van der Waals surface area contributed by atoms with Crippen molar-refractivity contribution < 1.29 is 9.53 Å². The highest BCUT2D eigenvalue weighted by molar-refractivity contribution is 9.10. The average Bonchev–Trinajstić information content (AvgIpc) is 3.44. The van der Waals surface area contributed by atoms with Crippen molar-refractivity contribution in [3.05, 3.63) is 80.0 Å². The molecular formula is C24H19BrN4O3S. The number of anilines is 1. The van der Waals surface area contributed by atoms with Gasteiger partial charge in [-0.25, -0.2) is 0 Å². The van der Waals surface area contributed by atoms with Crippen molar-refractivity contribution in [3.63, 3.8) is 0 Å². The molecule has 0 spiro atoms. The van der Waals surface area contributed by atoms with Crippen LogP contribution >= 0.6 is 27.3 Å². The molecule has 0 atom stereocenters. The van der Waals surface area contributed by atoms with E-state index >= 15 is 0 Å². The van der Waals surface area contributed by atoms with E-state index in [9.17, 15) is 9.59 Å². The van der Waals surface area contributed by atoms with Crippen molar-refractivity contribution in [2.24, 2.45) is 0 Å². The van der Waals surface area contributed by atoms with Crippen LogP contribution in [0.15, 0.2) is 64.4 Å². The lowest BCUT2D eigenvalue weighted by molar-refractivity contribution is -0.112. The standard InChI is InChI=1S/C24H19BrN4O3S/c1-3-11-28-18-10-7-15(25)13-17(18)19(22(28)30)20-23(31)29-24(33-20)26-21(27-29)14-5-8-16(9-6-14)32-12-4-2/h3,5-10,13H,1,4,11-12H2,2H3/b20-19-. The van der Waals surface area contributed by atoms with E-state index in [1.165, 1.54) is 15.9 Å². The number of carbonyl (C=O) groups is 1. The number of thiazole rings is 1. The third kappa shape index (κ3) is 3.67. The van der Waals surface area contributed by atoms with E-state index in [0.29, 0.717) is 39.6 Å². The Morgan fingerprint density at radius 1 is 1.18 bits per heavy atom. The summed E-state index contributed by atoms with van der Waals surface area (Å²) in [5, 5.41) is 4.42. The second-order valence-electron chi connectivity index (χ2n) is 7.48. The van der Waals surface area contributed by atoms with E-state index in [4.69, 9.17) is 4.74 Å². The number of ether oxygens (including phenoxy) is 1.